The molecule has 1 aliphatic carbocycles. The number of nitrogens with one attached hydrogen (secondary N) is 2. The second kappa shape index (κ2) is 6.80. The van der Waals surface area contributed by atoms with Crippen LogP contribution in [0.5, 0.6) is 0 Å². The van der Waals surface area contributed by atoms with Crippen LogP contribution in [0.25, 0.3) is 11.0 Å². The van der Waals surface area contributed by atoms with E-state index < -0.39 is 5.91 Å². The second-order valence-corrected chi connectivity index (χ2v) is 6.06. The number of nitriles is 1. The molecule has 6 nitrogen and oxygen atoms in total. The lowest BCUT2D eigenvalue weighted by atomic mass is 9.84. The summed E-state index contributed by atoms with van der Waals surface area (Å²) in [7, 11) is 1.78. The number of hydrogen-bond acceptors (Lipinski definition) is 4. The standard InChI is InChI=1S/C17H20N4O2/c1-23-13-4-2-11(3-5-13)8-12-9-15-16(21-12)14(6-7-19-15)17(22)20-10-18/h6-7,9,11,13,21H,2-5,8H2,1H3,(H,20,22). The smallest absolute Gasteiger partial charge is 0.266 e. The van der Waals surface area contributed by atoms with Crippen LogP contribution >= 0.6 is 0 Å². The van der Waals surface area contributed by atoms with Crippen LogP contribution in [-0.4, -0.2) is 29.1 Å². The number of nitrogens with zero attached hydrogens (tertiary/aromatic N) is 2. The molecule has 2 N–H and O–H groups in total. The van der Waals surface area contributed by atoms with E-state index in [-0.39, 0.29) is 0 Å². The molecule has 120 valence electrons. The maximum absolute atomic E-state index is 11.9. The first-order valence-corrected chi connectivity index (χ1v) is 7.90. The largest absolute Gasteiger partial charge is 0.381 e. The van der Waals surface area contributed by atoms with Crippen LogP contribution in [0.1, 0.15) is 41.7 Å². The van der Waals surface area contributed by atoms with Gasteiger partial charge < -0.3 is 9.72 Å². The molecule has 1 fully saturated rings. The zero-order valence-corrected chi connectivity index (χ0v) is 13.1. The normalized spacial score (nSPS) is 21.0. The minimum Gasteiger partial charge on any atom is -0.381 e. The quantitative estimate of drug-likeness (QED) is 0.670. The number of hydrogen-bond donors (Lipinski definition) is 2. The first kappa shape index (κ1) is 15.5. The Morgan fingerprint density at radius 2 is 2.26 bits per heavy atom. The van der Waals surface area contributed by atoms with Crippen molar-refractivity contribution in [2.24, 2.45) is 5.92 Å². The minimum absolute atomic E-state index is 0.400. The highest BCUT2D eigenvalue weighted by Crippen LogP contribution is 2.29. The van der Waals surface area contributed by atoms with Crippen molar-refractivity contribution in [3.05, 3.63) is 29.6 Å². The Morgan fingerprint density at radius 3 is 2.96 bits per heavy atom. The van der Waals surface area contributed by atoms with E-state index in [9.17, 15) is 4.79 Å². The third kappa shape index (κ3) is 3.35. The molecule has 1 amide bonds. The third-order valence-corrected chi connectivity index (χ3v) is 4.63. The number of carbonyl (C=O) groups is 1. The Hall–Kier alpha value is -2.39. The topological polar surface area (TPSA) is 90.8 Å². The highest BCUT2D eigenvalue weighted by atomic mass is 16.5. The van der Waals surface area contributed by atoms with Gasteiger partial charge in [0.15, 0.2) is 6.19 Å². The molecule has 0 atom stereocenters. The molecule has 0 aliphatic heterocycles. The molecule has 0 unspecified atom stereocenters. The van der Waals surface area contributed by atoms with Crippen LogP contribution in [0.3, 0.4) is 0 Å². The summed E-state index contributed by atoms with van der Waals surface area (Å²) >= 11 is 0. The maximum atomic E-state index is 11.9. The van der Waals surface area contributed by atoms with Crippen molar-refractivity contribution in [1.82, 2.24) is 15.3 Å². The first-order chi connectivity index (χ1) is 11.2. The highest BCUT2D eigenvalue weighted by Gasteiger charge is 2.22. The first-order valence-electron chi connectivity index (χ1n) is 7.90. The molecule has 0 aromatic carbocycles. The van der Waals surface area contributed by atoms with Gasteiger partial charge in [-0.25, -0.2) is 0 Å². The Bertz CT molecular complexity index is 739. The van der Waals surface area contributed by atoms with Gasteiger partial charge in [-0.2, -0.15) is 5.26 Å². The number of carbonyl (C=O) groups excluding carboxylic acids is 1. The van der Waals surface area contributed by atoms with Gasteiger partial charge in [0.25, 0.3) is 5.91 Å². The van der Waals surface area contributed by atoms with E-state index in [1.165, 1.54) is 0 Å². The zero-order chi connectivity index (χ0) is 16.2. The predicted molar refractivity (Wildman–Crippen MR) is 85.6 cm³/mol. The molecule has 2 aromatic heterocycles. The summed E-state index contributed by atoms with van der Waals surface area (Å²) < 4.78 is 5.41. The molecule has 0 radical (unpaired) electrons. The number of H-pyrrole nitrogens is 1. The van der Waals surface area contributed by atoms with Crippen LogP contribution in [0, 0.1) is 17.4 Å². The van der Waals surface area contributed by atoms with Crippen LogP contribution < -0.4 is 5.32 Å². The molecule has 0 bridgehead atoms. The zero-order valence-electron chi connectivity index (χ0n) is 13.1. The van der Waals surface area contributed by atoms with Gasteiger partial charge in [0.1, 0.15) is 0 Å². The number of aromatic nitrogens is 2. The summed E-state index contributed by atoms with van der Waals surface area (Å²) in [4.78, 5) is 19.6. The molecular weight excluding hydrogens is 292 g/mol. The molecule has 0 saturated heterocycles. The monoisotopic (exact) mass is 312 g/mol. The van der Waals surface area contributed by atoms with Gasteiger partial charge in [-0.3, -0.25) is 15.1 Å². The van der Waals surface area contributed by atoms with Gasteiger partial charge in [-0.15, -0.1) is 0 Å². The van der Waals surface area contributed by atoms with E-state index in [1.54, 1.807) is 25.6 Å². The lowest BCUT2D eigenvalue weighted by Gasteiger charge is -2.27. The molecule has 23 heavy (non-hydrogen) atoms. The number of methoxy groups -OCH3 is 1. The number of rotatable bonds is 4. The molecule has 2 aromatic rings. The summed E-state index contributed by atoms with van der Waals surface area (Å²) in [6.07, 6.45) is 9.14. The van der Waals surface area contributed by atoms with Crippen molar-refractivity contribution in [1.29, 1.82) is 5.26 Å². The van der Waals surface area contributed by atoms with Gasteiger partial charge in [0, 0.05) is 19.0 Å². The van der Waals surface area contributed by atoms with Crippen molar-refractivity contribution in [3.63, 3.8) is 0 Å². The highest BCUT2D eigenvalue weighted by molar-refractivity contribution is 6.05. The maximum Gasteiger partial charge on any atom is 0.266 e. The Kier molecular flexibility index (Phi) is 4.58. The molecule has 2 heterocycles. The molecule has 3 rings (SSSR count). The number of aromatic amines is 1. The number of amides is 1. The number of fused-ring (bicyclic) bond motifs is 1. The number of pyridine rings is 1. The summed E-state index contributed by atoms with van der Waals surface area (Å²) in [6, 6.07) is 3.62. The fourth-order valence-corrected chi connectivity index (χ4v) is 3.38. The minimum atomic E-state index is -0.408. The SMILES string of the molecule is COC1CCC(Cc2cc3nccc(C(=O)NC#N)c3[nH]2)CC1. The van der Waals surface area contributed by atoms with E-state index in [0.717, 1.165) is 43.3 Å². The number of ether oxygens (including phenoxy) is 1. The third-order valence-electron chi connectivity index (χ3n) is 4.63. The van der Waals surface area contributed by atoms with E-state index in [1.807, 2.05) is 6.07 Å². The lowest BCUT2D eigenvalue weighted by molar-refractivity contribution is 0.0567. The summed E-state index contributed by atoms with van der Waals surface area (Å²) in [5, 5.41) is 10.8. The average molecular weight is 312 g/mol. The van der Waals surface area contributed by atoms with Gasteiger partial charge in [0.05, 0.1) is 22.7 Å². The van der Waals surface area contributed by atoms with Crippen molar-refractivity contribution >= 4 is 16.9 Å². The fraction of sp³-hybridized carbons (Fsp3) is 0.471. The fourth-order valence-electron chi connectivity index (χ4n) is 3.38. The van der Waals surface area contributed by atoms with E-state index >= 15 is 0 Å². The summed E-state index contributed by atoms with van der Waals surface area (Å²) in [5.74, 6) is 0.222. The summed E-state index contributed by atoms with van der Waals surface area (Å²) in [5.41, 5.74) is 2.99. The average Bonchev–Trinajstić information content (AvgIpc) is 2.98. The van der Waals surface area contributed by atoms with Crippen molar-refractivity contribution in [3.8, 4) is 6.19 Å². The van der Waals surface area contributed by atoms with Crippen LogP contribution in [-0.2, 0) is 11.2 Å². The molecular formula is C17H20N4O2. The van der Waals surface area contributed by atoms with Crippen LogP contribution in [0.2, 0.25) is 0 Å². The van der Waals surface area contributed by atoms with Crippen LogP contribution in [0.4, 0.5) is 0 Å². The molecule has 0 spiro atoms. The lowest BCUT2D eigenvalue weighted by Crippen LogP contribution is -2.21. The van der Waals surface area contributed by atoms with Crippen molar-refractivity contribution in [2.75, 3.05) is 7.11 Å². The Morgan fingerprint density at radius 1 is 1.48 bits per heavy atom. The van der Waals surface area contributed by atoms with Gasteiger partial charge >= 0.3 is 0 Å². The van der Waals surface area contributed by atoms with E-state index in [2.05, 4.69) is 15.3 Å². The van der Waals surface area contributed by atoms with Crippen molar-refractivity contribution in [2.45, 2.75) is 38.2 Å². The van der Waals surface area contributed by atoms with E-state index in [0.29, 0.717) is 23.1 Å². The van der Waals surface area contributed by atoms with Crippen molar-refractivity contribution < 1.29 is 9.53 Å². The molecule has 1 saturated carbocycles. The Balaban J connectivity index is 1.77. The molecule has 1 aliphatic rings. The van der Waals surface area contributed by atoms with Gasteiger partial charge in [0.2, 0.25) is 0 Å². The second-order valence-electron chi connectivity index (χ2n) is 6.06. The van der Waals surface area contributed by atoms with Crippen LogP contribution in [0.15, 0.2) is 18.3 Å². The molecule has 6 heteroatoms. The van der Waals surface area contributed by atoms with E-state index in [4.69, 9.17) is 10.00 Å². The Labute approximate surface area is 134 Å². The predicted octanol–water partition coefficient (Wildman–Crippen LogP) is 2.52. The van der Waals surface area contributed by atoms with Gasteiger partial charge in [-0.1, -0.05) is 0 Å². The summed E-state index contributed by atoms with van der Waals surface area (Å²) in [6.45, 7) is 0. The van der Waals surface area contributed by atoms with Gasteiger partial charge in [-0.05, 0) is 50.2 Å².